The molecule has 0 fully saturated rings. The van der Waals surface area contributed by atoms with Crippen molar-refractivity contribution in [2.45, 2.75) is 12.8 Å². The van der Waals surface area contributed by atoms with Crippen molar-refractivity contribution in [3.05, 3.63) is 53.5 Å². The molecule has 3 amide bonds. The number of benzene rings is 2. The number of methoxy groups -OCH3 is 1. The highest BCUT2D eigenvalue weighted by molar-refractivity contribution is 7.13. The molecule has 1 aromatic heterocycles. The average molecular weight is 455 g/mol. The molecule has 4 rings (SSSR count). The summed E-state index contributed by atoms with van der Waals surface area (Å²) in [4.78, 5) is 28.8. The summed E-state index contributed by atoms with van der Waals surface area (Å²) >= 11 is 1.30. The van der Waals surface area contributed by atoms with Crippen LogP contribution in [0.1, 0.15) is 12.1 Å². The number of hydrogen-bond donors (Lipinski definition) is 3. The van der Waals surface area contributed by atoms with Crippen LogP contribution in [0.4, 0.5) is 21.3 Å². The molecule has 0 spiro atoms. The third kappa shape index (κ3) is 5.67. The third-order valence-corrected chi connectivity index (χ3v) is 5.36. The molecule has 2 heterocycles. The summed E-state index contributed by atoms with van der Waals surface area (Å²) in [7, 11) is 1.58. The van der Waals surface area contributed by atoms with Crippen molar-refractivity contribution >= 4 is 39.8 Å². The van der Waals surface area contributed by atoms with Crippen molar-refractivity contribution in [3.8, 4) is 17.2 Å². The number of urea groups is 1. The van der Waals surface area contributed by atoms with Crippen LogP contribution in [0.3, 0.4) is 0 Å². The van der Waals surface area contributed by atoms with Gasteiger partial charge in [-0.2, -0.15) is 0 Å². The van der Waals surface area contributed by atoms with Gasteiger partial charge in [-0.1, -0.05) is 0 Å². The number of nitrogens with one attached hydrogen (secondary N) is 3. The van der Waals surface area contributed by atoms with E-state index in [0.717, 1.165) is 5.69 Å². The second kappa shape index (κ2) is 10.0. The van der Waals surface area contributed by atoms with Gasteiger partial charge in [0.15, 0.2) is 16.6 Å². The molecule has 0 unspecified atom stereocenters. The Hall–Kier alpha value is -3.79. The first-order valence-electron chi connectivity index (χ1n) is 9.95. The molecule has 0 atom stereocenters. The number of aryl methyl sites for hydroxylation is 1. The van der Waals surface area contributed by atoms with Gasteiger partial charge in [-0.05, 0) is 42.8 Å². The quantitative estimate of drug-likeness (QED) is 0.495. The number of ether oxygens (including phenoxy) is 3. The molecule has 32 heavy (non-hydrogen) atoms. The number of aromatic nitrogens is 1. The van der Waals surface area contributed by atoms with Gasteiger partial charge in [-0.3, -0.25) is 10.1 Å². The fourth-order valence-electron chi connectivity index (χ4n) is 3.00. The molecule has 1 aliphatic rings. The van der Waals surface area contributed by atoms with E-state index in [1.807, 2.05) is 5.38 Å². The average Bonchev–Trinajstić information content (AvgIpc) is 3.25. The number of rotatable bonds is 7. The van der Waals surface area contributed by atoms with Gasteiger partial charge in [-0.15, -0.1) is 11.3 Å². The first-order valence-corrected chi connectivity index (χ1v) is 10.8. The lowest BCUT2D eigenvalue weighted by molar-refractivity contribution is -0.116. The van der Waals surface area contributed by atoms with Crippen molar-refractivity contribution < 1.29 is 23.8 Å². The largest absolute Gasteiger partial charge is 0.497 e. The molecule has 9 nitrogen and oxygen atoms in total. The van der Waals surface area contributed by atoms with E-state index in [-0.39, 0.29) is 12.3 Å². The lowest BCUT2D eigenvalue weighted by Gasteiger charge is -2.19. The van der Waals surface area contributed by atoms with E-state index in [0.29, 0.717) is 53.4 Å². The molecule has 1 aliphatic heterocycles. The number of fused-ring (bicyclic) bond motifs is 1. The Balaban J connectivity index is 1.24. The minimum Gasteiger partial charge on any atom is -0.497 e. The molecular formula is C22H22N4O5S. The van der Waals surface area contributed by atoms with Gasteiger partial charge in [0, 0.05) is 29.2 Å². The zero-order valence-electron chi connectivity index (χ0n) is 17.3. The number of nitrogens with zero attached hydrogens (tertiary/aromatic N) is 1. The van der Waals surface area contributed by atoms with Crippen LogP contribution in [0.15, 0.2) is 47.8 Å². The van der Waals surface area contributed by atoms with E-state index in [4.69, 9.17) is 14.2 Å². The zero-order chi connectivity index (χ0) is 22.3. The van der Waals surface area contributed by atoms with Crippen LogP contribution in [-0.2, 0) is 11.2 Å². The van der Waals surface area contributed by atoms with Crippen LogP contribution in [0.2, 0.25) is 0 Å². The molecule has 0 saturated carbocycles. The monoisotopic (exact) mass is 454 g/mol. The summed E-state index contributed by atoms with van der Waals surface area (Å²) in [5, 5.41) is 10.5. The van der Waals surface area contributed by atoms with Gasteiger partial charge in [0.25, 0.3) is 0 Å². The molecule has 0 bridgehead atoms. The highest BCUT2D eigenvalue weighted by Gasteiger charge is 2.13. The number of thiazole rings is 1. The number of carbonyl (C=O) groups excluding carboxylic acids is 2. The Morgan fingerprint density at radius 2 is 1.75 bits per heavy atom. The molecule has 0 saturated heterocycles. The third-order valence-electron chi connectivity index (χ3n) is 4.55. The summed E-state index contributed by atoms with van der Waals surface area (Å²) in [6.07, 6.45) is 0.713. The fourth-order valence-corrected chi connectivity index (χ4v) is 3.74. The van der Waals surface area contributed by atoms with Crippen molar-refractivity contribution in [3.63, 3.8) is 0 Å². The predicted molar refractivity (Wildman–Crippen MR) is 122 cm³/mol. The lowest BCUT2D eigenvalue weighted by atomic mass is 10.2. The van der Waals surface area contributed by atoms with E-state index in [9.17, 15) is 9.59 Å². The summed E-state index contributed by atoms with van der Waals surface area (Å²) in [6.45, 7) is 1.01. The zero-order valence-corrected chi connectivity index (χ0v) is 18.2. The van der Waals surface area contributed by atoms with Gasteiger partial charge >= 0.3 is 6.03 Å². The van der Waals surface area contributed by atoms with Gasteiger partial charge in [0.05, 0.1) is 12.8 Å². The summed E-state index contributed by atoms with van der Waals surface area (Å²) in [5.41, 5.74) is 2.01. The van der Waals surface area contributed by atoms with Crippen LogP contribution >= 0.6 is 11.3 Å². The van der Waals surface area contributed by atoms with E-state index < -0.39 is 6.03 Å². The molecule has 0 aliphatic carbocycles. The van der Waals surface area contributed by atoms with E-state index in [1.165, 1.54) is 11.3 Å². The predicted octanol–water partition coefficient (Wildman–Crippen LogP) is 4.14. The van der Waals surface area contributed by atoms with E-state index in [1.54, 1.807) is 49.6 Å². The number of hydrogen-bond acceptors (Lipinski definition) is 7. The van der Waals surface area contributed by atoms with Crippen LogP contribution in [0.5, 0.6) is 17.2 Å². The second-order valence-corrected chi connectivity index (χ2v) is 7.72. The summed E-state index contributed by atoms with van der Waals surface area (Å²) in [6, 6.07) is 11.9. The van der Waals surface area contributed by atoms with Crippen LogP contribution < -0.4 is 30.2 Å². The number of carbonyl (C=O) groups is 2. The van der Waals surface area contributed by atoms with Gasteiger partial charge in [0.1, 0.15) is 19.0 Å². The maximum atomic E-state index is 12.3. The molecule has 2 aromatic carbocycles. The molecule has 10 heteroatoms. The van der Waals surface area contributed by atoms with Crippen molar-refractivity contribution in [1.29, 1.82) is 0 Å². The molecule has 3 aromatic rings. The van der Waals surface area contributed by atoms with Crippen LogP contribution in [-0.4, -0.2) is 37.2 Å². The van der Waals surface area contributed by atoms with Gasteiger partial charge < -0.3 is 24.8 Å². The van der Waals surface area contributed by atoms with Crippen LogP contribution in [0, 0.1) is 0 Å². The van der Waals surface area contributed by atoms with E-state index >= 15 is 0 Å². The maximum Gasteiger partial charge on any atom is 0.325 e. The first kappa shape index (κ1) is 21.4. The molecule has 0 radical (unpaired) electrons. The highest BCUT2D eigenvalue weighted by Crippen LogP contribution is 2.32. The van der Waals surface area contributed by atoms with Crippen molar-refractivity contribution in [2.24, 2.45) is 0 Å². The minimum atomic E-state index is -0.396. The van der Waals surface area contributed by atoms with Gasteiger partial charge in [0.2, 0.25) is 5.91 Å². The standard InChI is InChI=1S/C22H22N4O5S/c1-29-17-6-2-14(3-7-17)24-21(28)26-22-25-16(13-32-22)5-9-20(27)23-15-4-8-18-19(12-15)31-11-10-30-18/h2-4,6-8,12-13H,5,9-11H2,1H3,(H,23,27)(H2,24,25,26,28). The topological polar surface area (TPSA) is 111 Å². The Morgan fingerprint density at radius 1 is 1.00 bits per heavy atom. The lowest BCUT2D eigenvalue weighted by Crippen LogP contribution is -2.19. The van der Waals surface area contributed by atoms with Crippen molar-refractivity contribution in [1.82, 2.24) is 4.98 Å². The Labute approximate surface area is 188 Å². The molecule has 166 valence electrons. The SMILES string of the molecule is COc1ccc(NC(=O)Nc2nc(CCC(=O)Nc3ccc4c(c3)OCCO4)cs2)cc1. The van der Waals surface area contributed by atoms with E-state index in [2.05, 4.69) is 20.9 Å². The first-order chi connectivity index (χ1) is 15.6. The Morgan fingerprint density at radius 3 is 2.53 bits per heavy atom. The number of anilines is 3. The van der Waals surface area contributed by atoms with Gasteiger partial charge in [-0.25, -0.2) is 9.78 Å². The highest BCUT2D eigenvalue weighted by atomic mass is 32.1. The molecular weight excluding hydrogens is 432 g/mol. The summed E-state index contributed by atoms with van der Waals surface area (Å²) < 4.78 is 16.1. The smallest absolute Gasteiger partial charge is 0.325 e. The normalized spacial score (nSPS) is 12.0. The van der Waals surface area contributed by atoms with Crippen LogP contribution in [0.25, 0.3) is 0 Å². The minimum absolute atomic E-state index is 0.138. The Kier molecular flexibility index (Phi) is 6.71. The second-order valence-electron chi connectivity index (χ2n) is 6.86. The maximum absolute atomic E-state index is 12.3. The summed E-state index contributed by atoms with van der Waals surface area (Å²) in [5.74, 6) is 1.87. The number of amides is 3. The fraction of sp³-hybridized carbons (Fsp3) is 0.227. The van der Waals surface area contributed by atoms with Crippen molar-refractivity contribution in [2.75, 3.05) is 36.3 Å². The Bertz CT molecular complexity index is 1100. The molecule has 3 N–H and O–H groups in total.